The Morgan fingerprint density at radius 1 is 1.14 bits per heavy atom. The molecule has 0 unspecified atom stereocenters. The largest absolute Gasteiger partial charge is 0.345 e. The molecule has 0 saturated heterocycles. The van der Waals surface area contributed by atoms with Gasteiger partial charge in [-0.05, 0) is 12.1 Å². The SMILES string of the molecule is O=[N+]([O-])C=C(c1ccccc1)[N+](=O)[O-]. The van der Waals surface area contributed by atoms with Crippen LogP contribution in [0.1, 0.15) is 5.56 Å². The highest BCUT2D eigenvalue weighted by molar-refractivity contribution is 5.56. The van der Waals surface area contributed by atoms with Crippen LogP contribution in [-0.4, -0.2) is 9.85 Å². The summed E-state index contributed by atoms with van der Waals surface area (Å²) in [4.78, 5) is 19.0. The molecule has 0 N–H and O–H groups in total. The van der Waals surface area contributed by atoms with Gasteiger partial charge in [-0.1, -0.05) is 18.2 Å². The van der Waals surface area contributed by atoms with Crippen LogP contribution in [0.15, 0.2) is 36.5 Å². The van der Waals surface area contributed by atoms with Crippen molar-refractivity contribution in [1.82, 2.24) is 0 Å². The molecule has 6 nitrogen and oxygen atoms in total. The second kappa shape index (κ2) is 4.13. The molecule has 0 radical (unpaired) electrons. The molecule has 6 heteroatoms. The van der Waals surface area contributed by atoms with Gasteiger partial charge in [0.1, 0.15) is 0 Å². The van der Waals surface area contributed by atoms with E-state index in [0.29, 0.717) is 6.20 Å². The highest BCUT2D eigenvalue weighted by Gasteiger charge is 2.18. The van der Waals surface area contributed by atoms with Gasteiger partial charge in [-0.3, -0.25) is 20.2 Å². The number of nitro groups is 2. The zero-order valence-corrected chi connectivity index (χ0v) is 6.99. The summed E-state index contributed by atoms with van der Waals surface area (Å²) in [6.07, 6.45) is 0.384. The van der Waals surface area contributed by atoms with Crippen LogP contribution < -0.4 is 0 Å². The minimum atomic E-state index is -0.842. The van der Waals surface area contributed by atoms with Crippen LogP contribution in [0.4, 0.5) is 0 Å². The van der Waals surface area contributed by atoms with Crippen LogP contribution in [0, 0.1) is 20.2 Å². The molecule has 0 atom stereocenters. The smallest absolute Gasteiger partial charge is 0.259 e. The van der Waals surface area contributed by atoms with E-state index in [2.05, 4.69) is 0 Å². The molecule has 0 bridgehead atoms. The zero-order chi connectivity index (χ0) is 10.6. The van der Waals surface area contributed by atoms with Crippen LogP contribution in [0.25, 0.3) is 5.70 Å². The first-order valence-corrected chi connectivity index (χ1v) is 3.66. The summed E-state index contributed by atoms with van der Waals surface area (Å²) < 4.78 is 0. The van der Waals surface area contributed by atoms with E-state index in [-0.39, 0.29) is 5.56 Å². The normalized spacial score (nSPS) is 11.0. The highest BCUT2D eigenvalue weighted by atomic mass is 16.6. The lowest BCUT2D eigenvalue weighted by molar-refractivity contribution is -0.425. The summed E-state index contributed by atoms with van der Waals surface area (Å²) >= 11 is 0. The molecule has 0 aliphatic heterocycles. The molecule has 0 spiro atoms. The predicted molar refractivity (Wildman–Crippen MR) is 48.4 cm³/mol. The monoisotopic (exact) mass is 194 g/mol. The molecule has 0 fully saturated rings. The number of rotatable bonds is 3. The van der Waals surface area contributed by atoms with E-state index in [4.69, 9.17) is 0 Å². The third kappa shape index (κ3) is 2.37. The Kier molecular flexibility index (Phi) is 2.90. The van der Waals surface area contributed by atoms with Crippen LogP contribution >= 0.6 is 0 Å². The Labute approximate surface area is 78.8 Å². The van der Waals surface area contributed by atoms with Gasteiger partial charge in [0.25, 0.3) is 0 Å². The van der Waals surface area contributed by atoms with Gasteiger partial charge < -0.3 is 0 Å². The molecule has 0 heterocycles. The standard InChI is InChI=1S/C8H6N2O4/c11-9(12)6-8(10(13)14)7-4-2-1-3-5-7/h1-6H. The van der Waals surface area contributed by atoms with Gasteiger partial charge in [0.15, 0.2) is 0 Å². The Hall–Kier alpha value is -2.24. The Bertz CT molecular complexity index is 386. The minimum absolute atomic E-state index is 0.217. The van der Waals surface area contributed by atoms with Crippen molar-refractivity contribution in [2.75, 3.05) is 0 Å². The maximum atomic E-state index is 10.5. The first-order chi connectivity index (χ1) is 6.61. The third-order valence-corrected chi connectivity index (χ3v) is 1.49. The van der Waals surface area contributed by atoms with Crippen molar-refractivity contribution in [2.24, 2.45) is 0 Å². The lowest BCUT2D eigenvalue weighted by Crippen LogP contribution is -2.00. The molecular formula is C8H6N2O4. The van der Waals surface area contributed by atoms with E-state index in [0.717, 1.165) is 0 Å². The van der Waals surface area contributed by atoms with E-state index in [1.807, 2.05) is 0 Å². The molecular weight excluding hydrogens is 188 g/mol. The molecule has 1 rings (SSSR count). The molecule has 0 aliphatic rings. The summed E-state index contributed by atoms with van der Waals surface area (Å²) in [6, 6.07) is 7.71. The summed E-state index contributed by atoms with van der Waals surface area (Å²) in [5.74, 6) is 0. The van der Waals surface area contributed by atoms with E-state index in [1.165, 1.54) is 12.1 Å². The Morgan fingerprint density at radius 3 is 2.14 bits per heavy atom. The van der Waals surface area contributed by atoms with Crippen molar-refractivity contribution in [1.29, 1.82) is 0 Å². The van der Waals surface area contributed by atoms with Crippen molar-refractivity contribution in [3.05, 3.63) is 62.3 Å². The van der Waals surface area contributed by atoms with Crippen molar-refractivity contribution < 1.29 is 9.85 Å². The lowest BCUT2D eigenvalue weighted by Gasteiger charge is -1.94. The summed E-state index contributed by atoms with van der Waals surface area (Å²) in [7, 11) is 0. The van der Waals surface area contributed by atoms with Crippen molar-refractivity contribution in [3.63, 3.8) is 0 Å². The van der Waals surface area contributed by atoms with Crippen LogP contribution in [-0.2, 0) is 0 Å². The molecule has 0 amide bonds. The fourth-order valence-electron chi connectivity index (χ4n) is 0.936. The summed E-state index contributed by atoms with van der Waals surface area (Å²) in [6.45, 7) is 0. The molecule has 0 aliphatic carbocycles. The molecule has 1 aromatic carbocycles. The fraction of sp³-hybridized carbons (Fsp3) is 0. The first kappa shape index (κ1) is 9.85. The number of hydrogen-bond acceptors (Lipinski definition) is 4. The summed E-state index contributed by atoms with van der Waals surface area (Å²) in [5, 5.41) is 20.6. The topological polar surface area (TPSA) is 86.3 Å². The van der Waals surface area contributed by atoms with E-state index >= 15 is 0 Å². The maximum absolute atomic E-state index is 10.5. The quantitative estimate of drug-likeness (QED) is 0.539. The van der Waals surface area contributed by atoms with Crippen molar-refractivity contribution >= 4 is 5.70 Å². The Balaban J connectivity index is 3.14. The fourth-order valence-corrected chi connectivity index (χ4v) is 0.936. The lowest BCUT2D eigenvalue weighted by atomic mass is 10.2. The van der Waals surface area contributed by atoms with E-state index in [1.54, 1.807) is 18.2 Å². The summed E-state index contributed by atoms with van der Waals surface area (Å²) in [5.41, 5.74) is -0.301. The average molecular weight is 194 g/mol. The molecule has 0 saturated carbocycles. The van der Waals surface area contributed by atoms with Crippen LogP contribution in [0.5, 0.6) is 0 Å². The Morgan fingerprint density at radius 2 is 1.71 bits per heavy atom. The van der Waals surface area contributed by atoms with Gasteiger partial charge in [-0.15, -0.1) is 0 Å². The first-order valence-electron chi connectivity index (χ1n) is 3.66. The van der Waals surface area contributed by atoms with Gasteiger partial charge in [0, 0.05) is 0 Å². The average Bonchev–Trinajstić information content (AvgIpc) is 2.15. The minimum Gasteiger partial charge on any atom is -0.259 e. The number of nitrogens with zero attached hydrogens (tertiary/aromatic N) is 2. The zero-order valence-electron chi connectivity index (χ0n) is 6.99. The van der Waals surface area contributed by atoms with Crippen molar-refractivity contribution in [3.8, 4) is 0 Å². The number of hydrogen-bond donors (Lipinski definition) is 0. The second-order valence-corrected chi connectivity index (χ2v) is 2.42. The predicted octanol–water partition coefficient (Wildman–Crippen LogP) is 1.54. The van der Waals surface area contributed by atoms with Gasteiger partial charge >= 0.3 is 11.9 Å². The maximum Gasteiger partial charge on any atom is 0.345 e. The number of benzene rings is 1. The molecule has 14 heavy (non-hydrogen) atoms. The molecule has 1 aromatic rings. The second-order valence-electron chi connectivity index (χ2n) is 2.42. The van der Waals surface area contributed by atoms with E-state index < -0.39 is 15.5 Å². The van der Waals surface area contributed by atoms with E-state index in [9.17, 15) is 20.2 Å². The highest BCUT2D eigenvalue weighted by Crippen LogP contribution is 2.13. The third-order valence-electron chi connectivity index (χ3n) is 1.49. The van der Waals surface area contributed by atoms with Gasteiger partial charge in [0.05, 0.1) is 15.4 Å². The van der Waals surface area contributed by atoms with Crippen LogP contribution in [0.2, 0.25) is 0 Å². The van der Waals surface area contributed by atoms with Gasteiger partial charge in [-0.2, -0.15) is 0 Å². The molecule has 0 aromatic heterocycles. The van der Waals surface area contributed by atoms with Gasteiger partial charge in [0.2, 0.25) is 0 Å². The molecule has 72 valence electrons. The van der Waals surface area contributed by atoms with Crippen molar-refractivity contribution in [2.45, 2.75) is 0 Å². The van der Waals surface area contributed by atoms with Crippen LogP contribution in [0.3, 0.4) is 0 Å². The van der Waals surface area contributed by atoms with Gasteiger partial charge in [-0.25, -0.2) is 0 Å².